The highest BCUT2D eigenvalue weighted by Crippen LogP contribution is 2.30. The van der Waals surface area contributed by atoms with Crippen molar-refractivity contribution in [3.05, 3.63) is 18.5 Å². The fourth-order valence-electron chi connectivity index (χ4n) is 1.72. The van der Waals surface area contributed by atoms with Crippen LogP contribution in [0.1, 0.15) is 0 Å². The molecule has 1 aromatic carbocycles. The lowest BCUT2D eigenvalue weighted by Crippen LogP contribution is -2.20. The summed E-state index contributed by atoms with van der Waals surface area (Å²) in [7, 11) is 0. The maximum Gasteiger partial charge on any atom is 0.113 e. The molecule has 0 unspecified atom stereocenters. The van der Waals surface area contributed by atoms with E-state index >= 15 is 0 Å². The summed E-state index contributed by atoms with van der Waals surface area (Å²) in [5, 5.41) is 6.67. The first-order valence-corrected chi connectivity index (χ1v) is 4.39. The predicted octanol–water partition coefficient (Wildman–Crippen LogP) is 1.40. The minimum atomic E-state index is 0.957. The third-order valence-electron chi connectivity index (χ3n) is 2.33. The van der Waals surface area contributed by atoms with Crippen LogP contribution in [0.15, 0.2) is 18.5 Å². The van der Waals surface area contributed by atoms with Gasteiger partial charge in [0.2, 0.25) is 0 Å². The van der Waals surface area contributed by atoms with Crippen LogP contribution in [-0.4, -0.2) is 23.1 Å². The molecule has 0 saturated heterocycles. The van der Waals surface area contributed by atoms with Crippen molar-refractivity contribution < 1.29 is 0 Å². The normalized spacial score (nSPS) is 14.8. The summed E-state index contributed by atoms with van der Waals surface area (Å²) in [6, 6.07) is 4.11. The number of hydrogen-bond acceptors (Lipinski definition) is 3. The molecule has 3 N–H and O–H groups in total. The number of H-pyrrole nitrogens is 1. The molecule has 0 saturated carbocycles. The standard InChI is InChI=1S/C9H10N4/c1-2-7-9(13-5-12-7)8-6(1)10-3-4-11-8/h1-2,5,10-11H,3-4H2,(H,12,13). The highest BCUT2D eigenvalue weighted by molar-refractivity contribution is 5.96. The van der Waals surface area contributed by atoms with Gasteiger partial charge in [-0.1, -0.05) is 0 Å². The summed E-state index contributed by atoms with van der Waals surface area (Å²) in [6.07, 6.45) is 1.72. The highest BCUT2D eigenvalue weighted by Gasteiger charge is 2.11. The first kappa shape index (κ1) is 6.77. The molecule has 66 valence electrons. The Bertz CT molecular complexity index is 446. The number of rotatable bonds is 0. The second-order valence-corrected chi connectivity index (χ2v) is 3.14. The SMILES string of the molecule is c1nc2c3c(ccc2[nH]1)NCCN3. The lowest BCUT2D eigenvalue weighted by Gasteiger charge is -2.19. The third kappa shape index (κ3) is 0.884. The van der Waals surface area contributed by atoms with Crippen molar-refractivity contribution >= 4 is 22.4 Å². The van der Waals surface area contributed by atoms with Gasteiger partial charge in [0.25, 0.3) is 0 Å². The fourth-order valence-corrected chi connectivity index (χ4v) is 1.72. The van der Waals surface area contributed by atoms with Gasteiger partial charge in [0.15, 0.2) is 0 Å². The predicted molar refractivity (Wildman–Crippen MR) is 53.1 cm³/mol. The van der Waals surface area contributed by atoms with Crippen LogP contribution < -0.4 is 10.6 Å². The molecule has 0 radical (unpaired) electrons. The van der Waals surface area contributed by atoms with Crippen LogP contribution >= 0.6 is 0 Å². The van der Waals surface area contributed by atoms with Crippen LogP contribution in [-0.2, 0) is 0 Å². The molecule has 0 fully saturated rings. The van der Waals surface area contributed by atoms with Crippen molar-refractivity contribution in [2.75, 3.05) is 23.7 Å². The Morgan fingerprint density at radius 2 is 2.08 bits per heavy atom. The maximum absolute atomic E-state index is 4.27. The quantitative estimate of drug-likeness (QED) is 0.566. The van der Waals surface area contributed by atoms with E-state index in [4.69, 9.17) is 0 Å². The minimum absolute atomic E-state index is 0.957. The van der Waals surface area contributed by atoms with Crippen LogP contribution in [0, 0.1) is 0 Å². The average molecular weight is 174 g/mol. The molecule has 0 aliphatic carbocycles. The van der Waals surface area contributed by atoms with E-state index in [9.17, 15) is 0 Å². The summed E-state index contributed by atoms with van der Waals surface area (Å²) < 4.78 is 0. The van der Waals surface area contributed by atoms with E-state index in [1.807, 2.05) is 6.07 Å². The molecular weight excluding hydrogens is 164 g/mol. The molecule has 0 atom stereocenters. The van der Waals surface area contributed by atoms with E-state index in [1.54, 1.807) is 6.33 Å². The van der Waals surface area contributed by atoms with E-state index in [-0.39, 0.29) is 0 Å². The topological polar surface area (TPSA) is 52.7 Å². The van der Waals surface area contributed by atoms with E-state index in [0.717, 1.165) is 35.5 Å². The molecule has 0 amide bonds. The second-order valence-electron chi connectivity index (χ2n) is 3.14. The molecule has 13 heavy (non-hydrogen) atoms. The van der Waals surface area contributed by atoms with Crippen LogP contribution in [0.25, 0.3) is 11.0 Å². The number of nitrogens with zero attached hydrogens (tertiary/aromatic N) is 1. The van der Waals surface area contributed by atoms with Gasteiger partial charge in [-0.2, -0.15) is 0 Å². The second kappa shape index (κ2) is 2.39. The number of anilines is 2. The average Bonchev–Trinajstić information content (AvgIpc) is 2.65. The van der Waals surface area contributed by atoms with Crippen LogP contribution in [0.3, 0.4) is 0 Å². The summed E-state index contributed by atoms with van der Waals surface area (Å²) in [5.74, 6) is 0. The molecule has 0 bridgehead atoms. The van der Waals surface area contributed by atoms with Gasteiger partial charge < -0.3 is 15.6 Å². The molecule has 3 rings (SSSR count). The van der Waals surface area contributed by atoms with Gasteiger partial charge in [0.05, 0.1) is 23.2 Å². The summed E-state index contributed by atoms with van der Waals surface area (Å²) in [6.45, 7) is 1.93. The maximum atomic E-state index is 4.27. The van der Waals surface area contributed by atoms with Gasteiger partial charge in [-0.25, -0.2) is 4.98 Å². The lowest BCUT2D eigenvalue weighted by molar-refractivity contribution is 1.05. The van der Waals surface area contributed by atoms with Crippen molar-refractivity contribution in [2.24, 2.45) is 0 Å². The van der Waals surface area contributed by atoms with Gasteiger partial charge in [-0.3, -0.25) is 0 Å². The Hall–Kier alpha value is -1.71. The van der Waals surface area contributed by atoms with Crippen molar-refractivity contribution in [2.45, 2.75) is 0 Å². The Morgan fingerprint density at radius 1 is 1.15 bits per heavy atom. The van der Waals surface area contributed by atoms with Gasteiger partial charge in [0, 0.05) is 13.1 Å². The Labute approximate surface area is 75.4 Å². The van der Waals surface area contributed by atoms with Gasteiger partial charge in [-0.15, -0.1) is 0 Å². The molecule has 4 nitrogen and oxygen atoms in total. The largest absolute Gasteiger partial charge is 0.382 e. The fraction of sp³-hybridized carbons (Fsp3) is 0.222. The van der Waals surface area contributed by atoms with Gasteiger partial charge in [0.1, 0.15) is 5.52 Å². The molecule has 4 heteroatoms. The van der Waals surface area contributed by atoms with Crippen molar-refractivity contribution in [1.29, 1.82) is 0 Å². The van der Waals surface area contributed by atoms with Gasteiger partial charge in [-0.05, 0) is 12.1 Å². The van der Waals surface area contributed by atoms with E-state index in [0.29, 0.717) is 0 Å². The molecule has 2 aromatic rings. The Morgan fingerprint density at radius 3 is 3.08 bits per heavy atom. The zero-order valence-corrected chi connectivity index (χ0v) is 7.09. The molecular formula is C9H10N4. The first-order chi connectivity index (χ1) is 6.45. The van der Waals surface area contributed by atoms with Crippen molar-refractivity contribution in [1.82, 2.24) is 9.97 Å². The molecule has 1 aliphatic heterocycles. The van der Waals surface area contributed by atoms with E-state index in [1.165, 1.54) is 0 Å². The minimum Gasteiger partial charge on any atom is -0.382 e. The number of nitrogens with one attached hydrogen (secondary N) is 3. The smallest absolute Gasteiger partial charge is 0.113 e. The van der Waals surface area contributed by atoms with Gasteiger partial charge >= 0.3 is 0 Å². The number of aromatic amines is 1. The zero-order valence-electron chi connectivity index (χ0n) is 7.09. The molecule has 1 aromatic heterocycles. The number of aromatic nitrogens is 2. The number of imidazole rings is 1. The summed E-state index contributed by atoms with van der Waals surface area (Å²) in [5.41, 5.74) is 4.36. The van der Waals surface area contributed by atoms with Crippen LogP contribution in [0.2, 0.25) is 0 Å². The summed E-state index contributed by atoms with van der Waals surface area (Å²) >= 11 is 0. The summed E-state index contributed by atoms with van der Waals surface area (Å²) in [4.78, 5) is 7.36. The monoisotopic (exact) mass is 174 g/mol. The van der Waals surface area contributed by atoms with E-state index in [2.05, 4.69) is 26.7 Å². The third-order valence-corrected chi connectivity index (χ3v) is 2.33. The van der Waals surface area contributed by atoms with E-state index < -0.39 is 0 Å². The number of hydrogen-bond donors (Lipinski definition) is 3. The zero-order chi connectivity index (χ0) is 8.67. The molecule has 0 spiro atoms. The van der Waals surface area contributed by atoms with Crippen LogP contribution in [0.4, 0.5) is 11.4 Å². The molecule has 2 heterocycles. The number of benzene rings is 1. The van der Waals surface area contributed by atoms with Crippen molar-refractivity contribution in [3.8, 4) is 0 Å². The van der Waals surface area contributed by atoms with Crippen molar-refractivity contribution in [3.63, 3.8) is 0 Å². The lowest BCUT2D eigenvalue weighted by atomic mass is 10.2. The highest BCUT2D eigenvalue weighted by atomic mass is 15.0. The first-order valence-electron chi connectivity index (χ1n) is 4.39. The number of fused-ring (bicyclic) bond motifs is 3. The Kier molecular flexibility index (Phi) is 1.24. The Balaban J connectivity index is 2.34. The van der Waals surface area contributed by atoms with Crippen LogP contribution in [0.5, 0.6) is 0 Å². The molecule has 1 aliphatic rings.